The molecule has 0 amide bonds. The zero-order chi connectivity index (χ0) is 13.8. The number of aryl methyl sites for hydroxylation is 2. The quantitative estimate of drug-likeness (QED) is 0.611. The highest BCUT2D eigenvalue weighted by atomic mass is 32.2. The molecule has 98 valence electrons. The summed E-state index contributed by atoms with van der Waals surface area (Å²) >= 11 is 0. The first-order valence-electron chi connectivity index (χ1n) is 6.36. The van der Waals surface area contributed by atoms with Crippen LogP contribution in [0.2, 0.25) is 0 Å². The van der Waals surface area contributed by atoms with Crippen LogP contribution in [-0.2, 0) is 10.9 Å². The molecule has 0 aliphatic heterocycles. The van der Waals surface area contributed by atoms with E-state index in [2.05, 4.69) is 38.3 Å². The maximum Gasteiger partial charge on any atom is 0.212 e. The lowest BCUT2D eigenvalue weighted by Gasteiger charge is -2.06. The molecule has 19 heavy (non-hydrogen) atoms. The second-order valence-corrected chi connectivity index (χ2v) is 6.84. The first-order chi connectivity index (χ1) is 9.08. The van der Waals surface area contributed by atoms with Crippen molar-refractivity contribution in [2.45, 2.75) is 18.7 Å². The van der Waals surface area contributed by atoms with E-state index in [-0.39, 0.29) is 16.7 Å². The third-order valence-electron chi connectivity index (χ3n) is 3.16. The molecule has 0 bridgehead atoms. The Hall–Kier alpha value is -1.54. The minimum Gasteiger partial charge on any atom is -0.289 e. The number of rotatable bonds is 4. The van der Waals surface area contributed by atoms with Crippen LogP contribution in [0.4, 0.5) is 0 Å². The fourth-order valence-corrected chi connectivity index (χ4v) is 3.78. The number of hydrogen-bond acceptors (Lipinski definition) is 1. The molecule has 0 saturated heterocycles. The van der Waals surface area contributed by atoms with Crippen LogP contribution in [0.5, 0.6) is 0 Å². The SMILES string of the molecule is Cc1ccc(C)c([S+](C)CC(=O)c2ccccc2)c1. The van der Waals surface area contributed by atoms with Crippen LogP contribution in [0.25, 0.3) is 0 Å². The van der Waals surface area contributed by atoms with Gasteiger partial charge in [-0.15, -0.1) is 0 Å². The van der Waals surface area contributed by atoms with Crippen molar-refractivity contribution in [2.24, 2.45) is 0 Å². The summed E-state index contributed by atoms with van der Waals surface area (Å²) in [5, 5.41) is 0. The van der Waals surface area contributed by atoms with Gasteiger partial charge in [-0.2, -0.15) is 0 Å². The molecular formula is C17H19OS+. The van der Waals surface area contributed by atoms with Gasteiger partial charge in [0.25, 0.3) is 0 Å². The van der Waals surface area contributed by atoms with Gasteiger partial charge >= 0.3 is 0 Å². The molecule has 2 aromatic rings. The fraction of sp³-hybridized carbons (Fsp3) is 0.235. The van der Waals surface area contributed by atoms with E-state index in [1.165, 1.54) is 16.0 Å². The monoisotopic (exact) mass is 271 g/mol. The Morgan fingerprint density at radius 3 is 2.42 bits per heavy atom. The highest BCUT2D eigenvalue weighted by Crippen LogP contribution is 2.19. The lowest BCUT2D eigenvalue weighted by molar-refractivity contribution is 0.102. The highest BCUT2D eigenvalue weighted by Gasteiger charge is 2.23. The van der Waals surface area contributed by atoms with Gasteiger partial charge in [-0.25, -0.2) is 0 Å². The van der Waals surface area contributed by atoms with Crippen LogP contribution in [0.15, 0.2) is 53.4 Å². The molecule has 0 aliphatic carbocycles. The predicted molar refractivity (Wildman–Crippen MR) is 83.1 cm³/mol. The molecule has 0 heterocycles. The summed E-state index contributed by atoms with van der Waals surface area (Å²) in [5.74, 6) is 0.821. The van der Waals surface area contributed by atoms with E-state index in [0.29, 0.717) is 5.75 Å². The maximum atomic E-state index is 12.2. The van der Waals surface area contributed by atoms with E-state index in [1.807, 2.05) is 30.3 Å². The summed E-state index contributed by atoms with van der Waals surface area (Å²) in [4.78, 5) is 13.5. The molecule has 0 saturated carbocycles. The minimum absolute atomic E-state index is 0.0354. The first-order valence-corrected chi connectivity index (χ1v) is 8.16. The van der Waals surface area contributed by atoms with Crippen molar-refractivity contribution in [2.75, 3.05) is 12.0 Å². The lowest BCUT2D eigenvalue weighted by Crippen LogP contribution is -2.16. The number of benzene rings is 2. The van der Waals surface area contributed by atoms with E-state index in [1.54, 1.807) is 0 Å². The molecule has 0 radical (unpaired) electrons. The molecule has 0 aromatic heterocycles. The van der Waals surface area contributed by atoms with Crippen LogP contribution >= 0.6 is 0 Å². The molecular weight excluding hydrogens is 252 g/mol. The average Bonchev–Trinajstić information content (AvgIpc) is 2.42. The Kier molecular flexibility index (Phi) is 4.43. The molecule has 1 nitrogen and oxygen atoms in total. The van der Waals surface area contributed by atoms with Crippen molar-refractivity contribution in [1.82, 2.24) is 0 Å². The van der Waals surface area contributed by atoms with E-state index >= 15 is 0 Å². The van der Waals surface area contributed by atoms with Crippen LogP contribution < -0.4 is 0 Å². The Morgan fingerprint density at radius 1 is 1.05 bits per heavy atom. The summed E-state index contributed by atoms with van der Waals surface area (Å²) < 4.78 is 0. The molecule has 1 unspecified atom stereocenters. The van der Waals surface area contributed by atoms with Crippen molar-refractivity contribution < 1.29 is 4.79 Å². The highest BCUT2D eigenvalue weighted by molar-refractivity contribution is 7.97. The smallest absolute Gasteiger partial charge is 0.212 e. The number of ketones is 1. The summed E-state index contributed by atoms with van der Waals surface area (Å²) in [6.45, 7) is 4.21. The maximum absolute atomic E-state index is 12.2. The van der Waals surface area contributed by atoms with Crippen molar-refractivity contribution in [3.63, 3.8) is 0 Å². The minimum atomic E-state index is -0.0354. The number of carbonyl (C=O) groups is 1. The van der Waals surface area contributed by atoms with Gasteiger partial charge in [-0.05, 0) is 25.5 Å². The Balaban J connectivity index is 2.15. The Morgan fingerprint density at radius 2 is 1.74 bits per heavy atom. The van der Waals surface area contributed by atoms with Crippen LogP contribution in [0, 0.1) is 13.8 Å². The second kappa shape index (κ2) is 6.07. The predicted octanol–water partition coefficient (Wildman–Crippen LogP) is 3.79. The van der Waals surface area contributed by atoms with E-state index in [9.17, 15) is 4.79 Å². The fourth-order valence-electron chi connectivity index (χ4n) is 2.06. The summed E-state index contributed by atoms with van der Waals surface area (Å²) in [6.07, 6.45) is 2.16. The van der Waals surface area contributed by atoms with E-state index < -0.39 is 0 Å². The van der Waals surface area contributed by atoms with E-state index in [4.69, 9.17) is 0 Å². The van der Waals surface area contributed by atoms with Gasteiger partial charge in [0.2, 0.25) is 5.78 Å². The lowest BCUT2D eigenvalue weighted by atomic mass is 10.2. The largest absolute Gasteiger partial charge is 0.289 e. The summed E-state index contributed by atoms with van der Waals surface area (Å²) in [6, 6.07) is 16.0. The van der Waals surface area contributed by atoms with Gasteiger partial charge in [0.05, 0.1) is 0 Å². The van der Waals surface area contributed by atoms with Gasteiger partial charge in [0.15, 0.2) is 10.6 Å². The van der Waals surface area contributed by atoms with Crippen LogP contribution in [0.1, 0.15) is 21.5 Å². The summed E-state index contributed by atoms with van der Waals surface area (Å²) in [7, 11) is -0.0354. The molecule has 0 aliphatic rings. The molecule has 0 fully saturated rings. The van der Waals surface area contributed by atoms with Crippen molar-refractivity contribution in [3.8, 4) is 0 Å². The van der Waals surface area contributed by atoms with Gasteiger partial charge in [0, 0.05) is 22.0 Å². The Bertz CT molecular complexity index is 575. The molecule has 0 spiro atoms. The van der Waals surface area contributed by atoms with Crippen molar-refractivity contribution >= 4 is 16.7 Å². The summed E-state index contributed by atoms with van der Waals surface area (Å²) in [5.41, 5.74) is 3.34. The van der Waals surface area contributed by atoms with Crippen LogP contribution in [0.3, 0.4) is 0 Å². The topological polar surface area (TPSA) is 17.1 Å². The molecule has 2 rings (SSSR count). The molecule has 2 heteroatoms. The normalized spacial score (nSPS) is 12.2. The van der Waals surface area contributed by atoms with Gasteiger partial charge in [0.1, 0.15) is 6.26 Å². The third-order valence-corrected chi connectivity index (χ3v) is 5.05. The van der Waals surface area contributed by atoms with Gasteiger partial charge in [-0.1, -0.05) is 42.5 Å². The van der Waals surface area contributed by atoms with Gasteiger partial charge < -0.3 is 0 Å². The van der Waals surface area contributed by atoms with Crippen molar-refractivity contribution in [3.05, 3.63) is 65.2 Å². The van der Waals surface area contributed by atoms with Crippen LogP contribution in [-0.4, -0.2) is 17.8 Å². The van der Waals surface area contributed by atoms with Gasteiger partial charge in [-0.3, -0.25) is 4.79 Å². The van der Waals surface area contributed by atoms with Crippen molar-refractivity contribution in [1.29, 1.82) is 0 Å². The van der Waals surface area contributed by atoms with E-state index in [0.717, 1.165) is 5.56 Å². The zero-order valence-electron chi connectivity index (χ0n) is 11.6. The number of carbonyl (C=O) groups excluding carboxylic acids is 1. The Labute approximate surface area is 118 Å². The third kappa shape index (κ3) is 3.48. The number of Topliss-reactive ketones (excluding diaryl/α,β-unsaturated/α-hetero) is 1. The number of hydrogen-bond donors (Lipinski definition) is 0. The molecule has 1 atom stereocenters. The second-order valence-electron chi connectivity index (χ2n) is 4.84. The zero-order valence-corrected chi connectivity index (χ0v) is 12.5. The first kappa shape index (κ1) is 13.9. The average molecular weight is 271 g/mol. The molecule has 0 N–H and O–H groups in total. The standard InChI is InChI=1S/C17H19OS/c1-13-9-10-14(2)17(11-13)19(3)12-16(18)15-7-5-4-6-8-15/h4-11H,12H2,1-3H3/q+1. The molecule has 2 aromatic carbocycles.